The van der Waals surface area contributed by atoms with Gasteiger partial charge >= 0.3 is 0 Å². The molecule has 1 aliphatic heterocycles. The zero-order valence-corrected chi connectivity index (χ0v) is 26.1. The van der Waals surface area contributed by atoms with Crippen molar-refractivity contribution < 1.29 is 27.5 Å². The molecule has 0 saturated heterocycles. The van der Waals surface area contributed by atoms with Gasteiger partial charge in [0.15, 0.2) is 11.5 Å². The SMILES string of the molecule is CCCCNC(=O)[C@@H](Cc1ccccc1)N(Cc1ccc(Cl)cc1)C(=O)CCCN(c1ccc2c(c1)OCO2)S(C)(=O)=O. The number of carbonyl (C=O) groups is 2. The first-order valence-corrected chi connectivity index (χ1v) is 16.6. The summed E-state index contributed by atoms with van der Waals surface area (Å²) in [5, 5.41) is 3.58. The summed E-state index contributed by atoms with van der Waals surface area (Å²) in [4.78, 5) is 29.1. The summed E-state index contributed by atoms with van der Waals surface area (Å²) in [6.45, 7) is 2.92. The number of nitrogens with zero attached hydrogens (tertiary/aromatic N) is 2. The van der Waals surface area contributed by atoms with Crippen LogP contribution in [0.2, 0.25) is 5.02 Å². The lowest BCUT2D eigenvalue weighted by Crippen LogP contribution is -2.50. The first-order chi connectivity index (χ1) is 20.7. The van der Waals surface area contributed by atoms with Crippen molar-refractivity contribution in [1.29, 1.82) is 0 Å². The molecule has 4 rings (SSSR count). The highest BCUT2D eigenvalue weighted by Crippen LogP contribution is 2.36. The first-order valence-electron chi connectivity index (χ1n) is 14.4. The molecule has 0 spiro atoms. The Balaban J connectivity index is 1.56. The maximum atomic E-state index is 13.9. The molecule has 43 heavy (non-hydrogen) atoms. The van der Waals surface area contributed by atoms with Gasteiger partial charge in [0.05, 0.1) is 11.9 Å². The van der Waals surface area contributed by atoms with Crippen LogP contribution in [0, 0.1) is 0 Å². The number of unbranched alkanes of at least 4 members (excludes halogenated alkanes) is 1. The fraction of sp³-hybridized carbons (Fsp3) is 0.375. The highest BCUT2D eigenvalue weighted by molar-refractivity contribution is 7.92. The van der Waals surface area contributed by atoms with Crippen LogP contribution in [0.1, 0.15) is 43.7 Å². The molecule has 11 heteroatoms. The molecule has 1 aliphatic rings. The molecular weight excluding hydrogens is 590 g/mol. The number of fused-ring (bicyclic) bond motifs is 1. The minimum Gasteiger partial charge on any atom is -0.454 e. The molecule has 3 aromatic rings. The molecule has 0 saturated carbocycles. The lowest BCUT2D eigenvalue weighted by Gasteiger charge is -2.32. The molecular formula is C32H38ClN3O6S. The highest BCUT2D eigenvalue weighted by Gasteiger charge is 2.30. The van der Waals surface area contributed by atoms with Crippen LogP contribution in [0.15, 0.2) is 72.8 Å². The van der Waals surface area contributed by atoms with Crippen molar-refractivity contribution in [3.8, 4) is 11.5 Å². The van der Waals surface area contributed by atoms with E-state index in [0.717, 1.165) is 30.2 Å². The third kappa shape index (κ3) is 9.11. The van der Waals surface area contributed by atoms with E-state index in [2.05, 4.69) is 5.32 Å². The maximum absolute atomic E-state index is 13.9. The Kier molecular flexibility index (Phi) is 11.3. The minimum atomic E-state index is -3.65. The molecule has 0 aliphatic carbocycles. The highest BCUT2D eigenvalue weighted by atomic mass is 35.5. The predicted molar refractivity (Wildman–Crippen MR) is 168 cm³/mol. The summed E-state index contributed by atoms with van der Waals surface area (Å²) >= 11 is 6.11. The number of sulfonamides is 1. The Labute approximate surface area is 258 Å². The van der Waals surface area contributed by atoms with Gasteiger partial charge in [-0.2, -0.15) is 0 Å². The van der Waals surface area contributed by atoms with Gasteiger partial charge in [-0.1, -0.05) is 67.4 Å². The summed E-state index contributed by atoms with van der Waals surface area (Å²) in [6.07, 6.45) is 3.51. The van der Waals surface area contributed by atoms with Gasteiger partial charge in [0.2, 0.25) is 28.6 Å². The Morgan fingerprint density at radius 1 is 0.953 bits per heavy atom. The Bertz CT molecular complexity index is 1480. The molecule has 0 fully saturated rings. The van der Waals surface area contributed by atoms with Gasteiger partial charge in [-0.05, 0) is 48.2 Å². The molecule has 2 amide bonds. The summed E-state index contributed by atoms with van der Waals surface area (Å²) < 4.78 is 37.5. The van der Waals surface area contributed by atoms with Crippen molar-refractivity contribution in [2.75, 3.05) is 30.4 Å². The van der Waals surface area contributed by atoms with E-state index in [1.54, 1.807) is 35.2 Å². The van der Waals surface area contributed by atoms with E-state index in [0.29, 0.717) is 35.2 Å². The van der Waals surface area contributed by atoms with Gasteiger partial charge in [0.1, 0.15) is 6.04 Å². The largest absolute Gasteiger partial charge is 0.454 e. The second-order valence-corrected chi connectivity index (χ2v) is 12.8. The zero-order valence-electron chi connectivity index (χ0n) is 24.5. The van der Waals surface area contributed by atoms with Crippen LogP contribution in [0.4, 0.5) is 5.69 Å². The first kappa shape index (κ1) is 32.2. The van der Waals surface area contributed by atoms with E-state index in [1.807, 2.05) is 49.4 Å². The molecule has 1 atom stereocenters. The zero-order chi connectivity index (χ0) is 30.8. The number of ether oxygens (including phenoxy) is 2. The molecule has 9 nitrogen and oxygen atoms in total. The summed E-state index contributed by atoms with van der Waals surface area (Å²) in [7, 11) is -3.65. The van der Waals surface area contributed by atoms with Gasteiger partial charge in [0.25, 0.3) is 0 Å². The average Bonchev–Trinajstić information content (AvgIpc) is 3.46. The summed E-state index contributed by atoms with van der Waals surface area (Å²) in [5.74, 6) is 0.541. The molecule has 0 radical (unpaired) electrons. The molecule has 0 aromatic heterocycles. The monoisotopic (exact) mass is 627 g/mol. The van der Waals surface area contributed by atoms with Gasteiger partial charge in [-0.25, -0.2) is 8.42 Å². The van der Waals surface area contributed by atoms with Crippen molar-refractivity contribution >= 4 is 39.1 Å². The second kappa shape index (κ2) is 15.1. The maximum Gasteiger partial charge on any atom is 0.243 e. The summed E-state index contributed by atoms with van der Waals surface area (Å²) in [6, 6.07) is 20.9. The van der Waals surface area contributed by atoms with Crippen LogP contribution < -0.4 is 19.1 Å². The number of anilines is 1. The van der Waals surface area contributed by atoms with Crippen LogP contribution >= 0.6 is 11.6 Å². The molecule has 3 aromatic carbocycles. The Morgan fingerprint density at radius 2 is 1.67 bits per heavy atom. The lowest BCUT2D eigenvalue weighted by molar-refractivity contribution is -0.141. The van der Waals surface area contributed by atoms with Crippen molar-refractivity contribution in [2.45, 2.75) is 51.6 Å². The van der Waals surface area contributed by atoms with E-state index in [1.165, 1.54) is 4.31 Å². The van der Waals surface area contributed by atoms with Crippen LogP contribution in [0.25, 0.3) is 0 Å². The minimum absolute atomic E-state index is 0.0394. The van der Waals surface area contributed by atoms with Crippen LogP contribution in [0.5, 0.6) is 11.5 Å². The Morgan fingerprint density at radius 3 is 2.37 bits per heavy atom. The van der Waals surface area contributed by atoms with E-state index < -0.39 is 16.1 Å². The Hall–Kier alpha value is -3.76. The fourth-order valence-electron chi connectivity index (χ4n) is 4.89. The van der Waals surface area contributed by atoms with Crippen molar-refractivity contribution in [2.24, 2.45) is 0 Å². The van der Waals surface area contributed by atoms with Crippen LogP contribution in [-0.4, -0.2) is 57.3 Å². The number of nitrogens with one attached hydrogen (secondary N) is 1. The smallest absolute Gasteiger partial charge is 0.243 e. The van der Waals surface area contributed by atoms with Gasteiger partial charge in [-0.3, -0.25) is 13.9 Å². The predicted octanol–water partition coefficient (Wildman–Crippen LogP) is 5.17. The number of hydrogen-bond acceptors (Lipinski definition) is 6. The third-order valence-electron chi connectivity index (χ3n) is 7.16. The van der Waals surface area contributed by atoms with Crippen molar-refractivity contribution in [3.63, 3.8) is 0 Å². The number of carbonyl (C=O) groups excluding carboxylic acids is 2. The standard InChI is InChI=1S/C32H38ClN3O6S/c1-3-4-18-34-32(38)28(20-24-9-6-5-7-10-24)35(22-25-12-14-26(33)15-13-25)31(37)11-8-19-36(43(2,39)40)27-16-17-29-30(21-27)42-23-41-29/h5-7,9-10,12-17,21,28H,3-4,8,11,18-20,22-23H2,1-2H3,(H,34,38)/t28-/m1/s1. The van der Waals surface area contributed by atoms with Crippen molar-refractivity contribution in [3.05, 3.63) is 88.9 Å². The van der Waals surface area contributed by atoms with Crippen LogP contribution in [0.3, 0.4) is 0 Å². The lowest BCUT2D eigenvalue weighted by atomic mass is 10.0. The van der Waals surface area contributed by atoms with Gasteiger partial charge in [0, 0.05) is 43.6 Å². The van der Waals surface area contributed by atoms with E-state index in [9.17, 15) is 18.0 Å². The number of hydrogen-bond donors (Lipinski definition) is 1. The molecule has 1 heterocycles. The molecule has 230 valence electrons. The number of rotatable bonds is 15. The van der Waals surface area contributed by atoms with Gasteiger partial charge < -0.3 is 19.7 Å². The number of amides is 2. The molecule has 0 bridgehead atoms. The molecule has 0 unspecified atom stereocenters. The summed E-state index contributed by atoms with van der Waals surface area (Å²) in [5.41, 5.74) is 2.18. The van der Waals surface area contributed by atoms with Crippen molar-refractivity contribution in [1.82, 2.24) is 10.2 Å². The third-order valence-corrected chi connectivity index (χ3v) is 8.61. The van der Waals surface area contributed by atoms with E-state index in [4.69, 9.17) is 21.1 Å². The topological polar surface area (TPSA) is 105 Å². The van der Waals surface area contributed by atoms with E-state index in [-0.39, 0.29) is 44.5 Å². The normalized spacial score (nSPS) is 12.9. The van der Waals surface area contributed by atoms with Gasteiger partial charge in [-0.15, -0.1) is 0 Å². The van der Waals surface area contributed by atoms with Crippen LogP contribution in [-0.2, 0) is 32.6 Å². The number of halogens is 1. The second-order valence-electron chi connectivity index (χ2n) is 10.5. The number of benzene rings is 3. The molecule has 1 N–H and O–H groups in total. The average molecular weight is 628 g/mol. The van der Waals surface area contributed by atoms with E-state index >= 15 is 0 Å². The quantitative estimate of drug-likeness (QED) is 0.233. The fourth-order valence-corrected chi connectivity index (χ4v) is 5.97.